The van der Waals surface area contributed by atoms with E-state index in [1.165, 1.54) is 11.1 Å². The molecule has 96 valence electrons. The molecule has 4 nitrogen and oxygen atoms in total. The summed E-state index contributed by atoms with van der Waals surface area (Å²) < 4.78 is 1.80. The van der Waals surface area contributed by atoms with Gasteiger partial charge in [0.15, 0.2) is 0 Å². The molecule has 0 fully saturated rings. The number of hydrogen-bond acceptors (Lipinski definition) is 3. The number of benzene rings is 1. The molecule has 3 rings (SSSR count). The normalized spacial score (nSPS) is 12.8. The van der Waals surface area contributed by atoms with Crippen molar-refractivity contribution < 1.29 is 0 Å². The van der Waals surface area contributed by atoms with Gasteiger partial charge in [-0.1, -0.05) is 29.3 Å². The van der Waals surface area contributed by atoms with Gasteiger partial charge in [0.25, 0.3) is 0 Å². The number of hydrogen-bond donors (Lipinski definition) is 1. The van der Waals surface area contributed by atoms with Gasteiger partial charge in [-0.05, 0) is 19.4 Å². The second-order valence-electron chi connectivity index (χ2n) is 4.90. The number of aromatic nitrogens is 3. The van der Waals surface area contributed by atoms with Gasteiger partial charge in [-0.25, -0.2) is 4.52 Å². The Labute approximate surface area is 111 Å². The first-order chi connectivity index (χ1) is 9.15. The first kappa shape index (κ1) is 11.9. The minimum absolute atomic E-state index is 0.180. The molecule has 19 heavy (non-hydrogen) atoms. The van der Waals surface area contributed by atoms with Crippen molar-refractivity contribution in [1.29, 1.82) is 0 Å². The van der Waals surface area contributed by atoms with Crippen LogP contribution in [-0.4, -0.2) is 14.6 Å². The zero-order valence-electron chi connectivity index (χ0n) is 11.0. The molecule has 1 aromatic carbocycles. The van der Waals surface area contributed by atoms with Crippen molar-refractivity contribution >= 4 is 5.52 Å². The summed E-state index contributed by atoms with van der Waals surface area (Å²) in [4.78, 5) is 4.14. The molecular formula is C15H16N4. The first-order valence-corrected chi connectivity index (χ1v) is 6.26. The van der Waals surface area contributed by atoms with Crippen molar-refractivity contribution in [3.05, 3.63) is 65.2 Å². The van der Waals surface area contributed by atoms with Crippen LogP contribution in [0.4, 0.5) is 0 Å². The largest absolute Gasteiger partial charge is 0.320 e. The second kappa shape index (κ2) is 4.48. The molecule has 1 unspecified atom stereocenters. The lowest BCUT2D eigenvalue weighted by Crippen LogP contribution is -2.12. The Hall–Kier alpha value is -2.20. The van der Waals surface area contributed by atoms with E-state index in [0.29, 0.717) is 0 Å². The van der Waals surface area contributed by atoms with Gasteiger partial charge < -0.3 is 5.73 Å². The Balaban J connectivity index is 2.10. The van der Waals surface area contributed by atoms with Crippen LogP contribution in [0.25, 0.3) is 5.52 Å². The fourth-order valence-electron chi connectivity index (χ4n) is 2.46. The average molecular weight is 252 g/mol. The summed E-state index contributed by atoms with van der Waals surface area (Å²) in [7, 11) is 0. The third-order valence-electron chi connectivity index (χ3n) is 3.29. The molecule has 0 spiro atoms. The third kappa shape index (κ3) is 2.11. The number of aryl methyl sites for hydroxylation is 2. The van der Waals surface area contributed by atoms with E-state index in [4.69, 9.17) is 5.73 Å². The first-order valence-electron chi connectivity index (χ1n) is 6.26. The van der Waals surface area contributed by atoms with Crippen LogP contribution in [-0.2, 0) is 0 Å². The second-order valence-corrected chi connectivity index (χ2v) is 4.90. The quantitative estimate of drug-likeness (QED) is 0.762. The number of fused-ring (bicyclic) bond motifs is 1. The van der Waals surface area contributed by atoms with Gasteiger partial charge in [0.05, 0.1) is 24.0 Å². The lowest BCUT2D eigenvalue weighted by atomic mass is 9.97. The van der Waals surface area contributed by atoms with E-state index in [0.717, 1.165) is 16.6 Å². The van der Waals surface area contributed by atoms with E-state index in [9.17, 15) is 0 Å². The highest BCUT2D eigenvalue weighted by Gasteiger charge is 2.14. The minimum atomic E-state index is -0.180. The molecule has 2 aromatic heterocycles. The van der Waals surface area contributed by atoms with Crippen molar-refractivity contribution in [2.75, 3.05) is 0 Å². The van der Waals surface area contributed by atoms with Gasteiger partial charge in [0.2, 0.25) is 0 Å². The molecule has 0 bridgehead atoms. The molecule has 2 heterocycles. The van der Waals surface area contributed by atoms with Gasteiger partial charge in [0.1, 0.15) is 0 Å². The Morgan fingerprint density at radius 1 is 1.11 bits per heavy atom. The van der Waals surface area contributed by atoms with Crippen LogP contribution in [0, 0.1) is 13.8 Å². The highest BCUT2D eigenvalue weighted by atomic mass is 15.2. The summed E-state index contributed by atoms with van der Waals surface area (Å²) in [5.41, 5.74) is 11.9. The number of nitrogens with two attached hydrogens (primary N) is 1. The predicted molar refractivity (Wildman–Crippen MR) is 74.9 cm³/mol. The van der Waals surface area contributed by atoms with Crippen LogP contribution in [0.15, 0.2) is 43.0 Å². The smallest absolute Gasteiger partial charge is 0.0896 e. The Morgan fingerprint density at radius 2 is 1.84 bits per heavy atom. The summed E-state index contributed by atoms with van der Waals surface area (Å²) in [6, 6.07) is 6.21. The highest BCUT2D eigenvalue weighted by Crippen LogP contribution is 2.24. The van der Waals surface area contributed by atoms with Crippen LogP contribution in [0.3, 0.4) is 0 Å². The zero-order valence-corrected chi connectivity index (χ0v) is 11.0. The lowest BCUT2D eigenvalue weighted by molar-refractivity contribution is 0.875. The summed E-state index contributed by atoms with van der Waals surface area (Å²) >= 11 is 0. The van der Waals surface area contributed by atoms with Crippen molar-refractivity contribution in [2.45, 2.75) is 19.9 Å². The van der Waals surface area contributed by atoms with Gasteiger partial charge in [-0.2, -0.15) is 5.10 Å². The number of nitrogens with zero attached hydrogens (tertiary/aromatic N) is 3. The van der Waals surface area contributed by atoms with Crippen LogP contribution < -0.4 is 5.73 Å². The van der Waals surface area contributed by atoms with E-state index in [-0.39, 0.29) is 6.04 Å². The van der Waals surface area contributed by atoms with Crippen LogP contribution in [0.2, 0.25) is 0 Å². The highest BCUT2D eigenvalue weighted by molar-refractivity contribution is 5.55. The summed E-state index contributed by atoms with van der Waals surface area (Å²) in [6.07, 6.45) is 7.16. The predicted octanol–water partition coefficient (Wildman–Crippen LogP) is 2.39. The monoisotopic (exact) mass is 252 g/mol. The maximum absolute atomic E-state index is 6.38. The van der Waals surface area contributed by atoms with E-state index < -0.39 is 0 Å². The van der Waals surface area contributed by atoms with E-state index in [1.54, 1.807) is 16.9 Å². The van der Waals surface area contributed by atoms with Crippen molar-refractivity contribution in [3.63, 3.8) is 0 Å². The molecule has 0 saturated heterocycles. The van der Waals surface area contributed by atoms with Crippen molar-refractivity contribution in [2.24, 2.45) is 5.73 Å². The fourth-order valence-corrected chi connectivity index (χ4v) is 2.46. The molecule has 0 aliphatic carbocycles. The molecule has 0 amide bonds. The summed E-state index contributed by atoms with van der Waals surface area (Å²) in [5, 5.41) is 4.31. The van der Waals surface area contributed by atoms with Crippen LogP contribution in [0.1, 0.15) is 28.3 Å². The molecule has 4 heteroatoms. The number of rotatable bonds is 2. The Morgan fingerprint density at radius 3 is 2.58 bits per heavy atom. The maximum atomic E-state index is 6.38. The SMILES string of the molecule is Cc1cc(C)cc(C(N)c2cnn3ccncc23)c1. The summed E-state index contributed by atoms with van der Waals surface area (Å²) in [6.45, 7) is 4.17. The van der Waals surface area contributed by atoms with E-state index in [2.05, 4.69) is 42.1 Å². The van der Waals surface area contributed by atoms with E-state index >= 15 is 0 Å². The molecule has 2 N–H and O–H groups in total. The lowest BCUT2D eigenvalue weighted by Gasteiger charge is -2.12. The molecule has 0 aliphatic heterocycles. The van der Waals surface area contributed by atoms with E-state index in [1.807, 2.05) is 12.4 Å². The van der Waals surface area contributed by atoms with Gasteiger partial charge >= 0.3 is 0 Å². The van der Waals surface area contributed by atoms with Crippen LogP contribution in [0.5, 0.6) is 0 Å². The molecule has 3 aromatic rings. The summed E-state index contributed by atoms with van der Waals surface area (Å²) in [5.74, 6) is 0. The molecule has 0 saturated carbocycles. The average Bonchev–Trinajstić information content (AvgIpc) is 2.80. The zero-order chi connectivity index (χ0) is 13.4. The Kier molecular flexibility index (Phi) is 2.80. The van der Waals surface area contributed by atoms with Gasteiger partial charge in [-0.15, -0.1) is 0 Å². The van der Waals surface area contributed by atoms with Crippen molar-refractivity contribution in [1.82, 2.24) is 14.6 Å². The molecule has 1 atom stereocenters. The fraction of sp³-hybridized carbons (Fsp3) is 0.200. The van der Waals surface area contributed by atoms with Crippen LogP contribution >= 0.6 is 0 Å². The van der Waals surface area contributed by atoms with Crippen molar-refractivity contribution in [3.8, 4) is 0 Å². The molecule has 0 radical (unpaired) electrons. The standard InChI is InChI=1S/C15H16N4/c1-10-5-11(2)7-12(6-10)15(16)13-8-18-19-4-3-17-9-14(13)19/h3-9,15H,16H2,1-2H3. The van der Waals surface area contributed by atoms with Gasteiger partial charge in [0, 0.05) is 18.0 Å². The Bertz CT molecular complexity index is 710. The maximum Gasteiger partial charge on any atom is 0.0896 e. The topological polar surface area (TPSA) is 56.2 Å². The minimum Gasteiger partial charge on any atom is -0.320 e. The molecule has 0 aliphatic rings. The third-order valence-corrected chi connectivity index (χ3v) is 3.29. The molecular weight excluding hydrogens is 236 g/mol. The van der Waals surface area contributed by atoms with Gasteiger partial charge in [-0.3, -0.25) is 4.98 Å².